The average Bonchev–Trinajstić information content (AvgIpc) is 2.42. The second-order valence-electron chi connectivity index (χ2n) is 6.26. The summed E-state index contributed by atoms with van der Waals surface area (Å²) in [5.41, 5.74) is 1.54. The number of fused-ring (bicyclic) bond motifs is 1. The topological polar surface area (TPSA) is 51.7 Å². The molecule has 0 aromatic carbocycles. The van der Waals surface area contributed by atoms with Crippen LogP contribution >= 0.6 is 0 Å². The van der Waals surface area contributed by atoms with Gasteiger partial charge in [-0.1, -0.05) is 6.07 Å². The monoisotopic (exact) mass is 292 g/mol. The smallest absolute Gasteiger partial charge is 0.416 e. The third-order valence-electron chi connectivity index (χ3n) is 3.27. The van der Waals surface area contributed by atoms with Crippen LogP contribution in [-0.4, -0.2) is 36.9 Å². The predicted molar refractivity (Wildman–Crippen MR) is 81.7 cm³/mol. The van der Waals surface area contributed by atoms with Crippen LogP contribution in [0.1, 0.15) is 38.4 Å². The Morgan fingerprint density at radius 2 is 2.14 bits per heavy atom. The summed E-state index contributed by atoms with van der Waals surface area (Å²) in [6.07, 6.45) is 2.31. The van der Waals surface area contributed by atoms with Gasteiger partial charge in [-0.3, -0.25) is 4.90 Å². The van der Waals surface area contributed by atoms with Gasteiger partial charge in [-0.15, -0.1) is 0 Å². The van der Waals surface area contributed by atoms with Gasteiger partial charge in [0.15, 0.2) is 0 Å². The third kappa shape index (κ3) is 4.17. The zero-order valence-electron chi connectivity index (χ0n) is 13.3. The van der Waals surface area contributed by atoms with Crippen molar-refractivity contribution in [1.82, 2.24) is 4.98 Å². The second kappa shape index (κ2) is 6.43. The highest BCUT2D eigenvalue weighted by Gasteiger charge is 2.28. The lowest BCUT2D eigenvalue weighted by Gasteiger charge is -2.31. The molecule has 0 bridgehead atoms. The maximum atomic E-state index is 12.3. The molecule has 116 valence electrons. The molecule has 0 atom stereocenters. The van der Waals surface area contributed by atoms with Crippen molar-refractivity contribution in [3.05, 3.63) is 23.4 Å². The van der Waals surface area contributed by atoms with Crippen LogP contribution in [0.5, 0.6) is 0 Å². The van der Waals surface area contributed by atoms with E-state index in [1.807, 2.05) is 26.8 Å². The molecule has 0 N–H and O–H groups in total. The molecule has 21 heavy (non-hydrogen) atoms. The lowest BCUT2D eigenvalue weighted by atomic mass is 10.1. The van der Waals surface area contributed by atoms with Gasteiger partial charge in [0.25, 0.3) is 0 Å². The van der Waals surface area contributed by atoms with Crippen LogP contribution in [0.3, 0.4) is 0 Å². The van der Waals surface area contributed by atoms with E-state index in [4.69, 9.17) is 9.47 Å². The van der Waals surface area contributed by atoms with E-state index in [1.165, 1.54) is 0 Å². The summed E-state index contributed by atoms with van der Waals surface area (Å²) in [4.78, 5) is 18.6. The van der Waals surface area contributed by atoms with Crippen LogP contribution < -0.4 is 4.90 Å². The minimum absolute atomic E-state index is 0.320. The number of carbonyl (C=O) groups is 1. The molecule has 0 saturated carbocycles. The molecule has 2 heterocycles. The minimum atomic E-state index is -0.498. The first kappa shape index (κ1) is 15.8. The lowest BCUT2D eigenvalue weighted by molar-refractivity contribution is 0.0576. The van der Waals surface area contributed by atoms with Crippen molar-refractivity contribution < 1.29 is 14.3 Å². The fourth-order valence-corrected chi connectivity index (χ4v) is 2.32. The van der Waals surface area contributed by atoms with Gasteiger partial charge in [0.2, 0.25) is 0 Å². The van der Waals surface area contributed by atoms with Crippen molar-refractivity contribution in [3.8, 4) is 0 Å². The number of hydrogen-bond donors (Lipinski definition) is 0. The number of hydrogen-bond acceptors (Lipinski definition) is 4. The Morgan fingerprint density at radius 1 is 1.38 bits per heavy atom. The Kier molecular flexibility index (Phi) is 4.83. The van der Waals surface area contributed by atoms with E-state index in [-0.39, 0.29) is 6.09 Å². The summed E-state index contributed by atoms with van der Waals surface area (Å²) in [5, 5.41) is 0. The number of pyridine rings is 1. The van der Waals surface area contributed by atoms with Crippen LogP contribution in [0.15, 0.2) is 12.1 Å². The van der Waals surface area contributed by atoms with Gasteiger partial charge in [-0.25, -0.2) is 9.78 Å². The zero-order valence-corrected chi connectivity index (χ0v) is 13.3. The number of aromatic nitrogens is 1. The molecule has 2 rings (SSSR count). The average molecular weight is 292 g/mol. The molecule has 5 heteroatoms. The molecular formula is C16H24N2O3. The molecule has 0 spiro atoms. The number of ether oxygens (including phenoxy) is 2. The van der Waals surface area contributed by atoms with Gasteiger partial charge >= 0.3 is 6.09 Å². The fraction of sp³-hybridized carbons (Fsp3) is 0.625. The molecule has 1 amide bonds. The Balaban J connectivity index is 2.22. The van der Waals surface area contributed by atoms with Crippen molar-refractivity contribution >= 4 is 11.9 Å². The SMILES string of the molecule is COCCc1ccc2c(n1)N(C(=O)OC(C)(C)C)CCC2. The normalized spacial score (nSPS) is 14.8. The Bertz CT molecular complexity index is 509. The largest absolute Gasteiger partial charge is 0.443 e. The first-order chi connectivity index (χ1) is 9.90. The Hall–Kier alpha value is -1.62. The minimum Gasteiger partial charge on any atom is -0.443 e. The Labute approximate surface area is 126 Å². The maximum absolute atomic E-state index is 12.3. The summed E-state index contributed by atoms with van der Waals surface area (Å²) in [7, 11) is 1.67. The molecule has 5 nitrogen and oxygen atoms in total. The third-order valence-corrected chi connectivity index (χ3v) is 3.27. The summed E-state index contributed by atoms with van der Waals surface area (Å²) in [6, 6.07) is 4.07. The van der Waals surface area contributed by atoms with E-state index in [0.717, 1.165) is 36.3 Å². The number of rotatable bonds is 3. The lowest BCUT2D eigenvalue weighted by Crippen LogP contribution is -2.40. The molecule has 1 aliphatic heterocycles. The van der Waals surface area contributed by atoms with E-state index in [1.54, 1.807) is 12.0 Å². The molecule has 0 aliphatic carbocycles. The first-order valence-electron chi connectivity index (χ1n) is 7.39. The van der Waals surface area contributed by atoms with Gasteiger partial charge in [0, 0.05) is 25.8 Å². The Morgan fingerprint density at radius 3 is 2.81 bits per heavy atom. The van der Waals surface area contributed by atoms with E-state index >= 15 is 0 Å². The van der Waals surface area contributed by atoms with E-state index < -0.39 is 5.60 Å². The number of methoxy groups -OCH3 is 1. The molecule has 0 radical (unpaired) electrons. The van der Waals surface area contributed by atoms with E-state index in [2.05, 4.69) is 11.1 Å². The molecule has 1 aromatic heterocycles. The molecule has 1 aliphatic rings. The van der Waals surface area contributed by atoms with Crippen molar-refractivity contribution in [2.24, 2.45) is 0 Å². The van der Waals surface area contributed by atoms with Crippen molar-refractivity contribution in [2.75, 3.05) is 25.2 Å². The number of carbonyl (C=O) groups excluding carboxylic acids is 1. The molecular weight excluding hydrogens is 268 g/mol. The summed E-state index contributed by atoms with van der Waals surface area (Å²) in [5.74, 6) is 0.740. The van der Waals surface area contributed by atoms with Gasteiger partial charge in [-0.2, -0.15) is 0 Å². The van der Waals surface area contributed by atoms with Gasteiger partial charge in [0.1, 0.15) is 11.4 Å². The van der Waals surface area contributed by atoms with E-state index in [9.17, 15) is 4.79 Å². The number of aryl methyl sites for hydroxylation is 1. The molecule has 1 aromatic rings. The van der Waals surface area contributed by atoms with Crippen molar-refractivity contribution in [3.63, 3.8) is 0 Å². The summed E-state index contributed by atoms with van der Waals surface area (Å²) < 4.78 is 10.6. The van der Waals surface area contributed by atoms with Gasteiger partial charge in [-0.05, 0) is 45.2 Å². The molecule has 0 fully saturated rings. The fourth-order valence-electron chi connectivity index (χ4n) is 2.32. The highest BCUT2D eigenvalue weighted by atomic mass is 16.6. The number of amides is 1. The van der Waals surface area contributed by atoms with E-state index in [0.29, 0.717) is 13.2 Å². The van der Waals surface area contributed by atoms with Crippen LogP contribution in [0.25, 0.3) is 0 Å². The first-order valence-corrected chi connectivity index (χ1v) is 7.39. The predicted octanol–water partition coefficient (Wildman–Crippen LogP) is 2.96. The van der Waals surface area contributed by atoms with Gasteiger partial charge in [0.05, 0.1) is 6.61 Å². The van der Waals surface area contributed by atoms with Crippen molar-refractivity contribution in [2.45, 2.75) is 45.6 Å². The highest BCUT2D eigenvalue weighted by molar-refractivity contribution is 5.88. The van der Waals surface area contributed by atoms with Crippen LogP contribution in [0.2, 0.25) is 0 Å². The van der Waals surface area contributed by atoms with Crippen molar-refractivity contribution in [1.29, 1.82) is 0 Å². The zero-order chi connectivity index (χ0) is 15.5. The van der Waals surface area contributed by atoms with Crippen LogP contribution in [0.4, 0.5) is 10.6 Å². The maximum Gasteiger partial charge on any atom is 0.416 e. The quantitative estimate of drug-likeness (QED) is 0.859. The molecule has 0 unspecified atom stereocenters. The summed E-state index contributed by atoms with van der Waals surface area (Å²) in [6.45, 7) is 6.90. The number of anilines is 1. The summed E-state index contributed by atoms with van der Waals surface area (Å²) >= 11 is 0. The van der Waals surface area contributed by atoms with Crippen LogP contribution in [0, 0.1) is 0 Å². The van der Waals surface area contributed by atoms with Gasteiger partial charge < -0.3 is 9.47 Å². The second-order valence-corrected chi connectivity index (χ2v) is 6.26. The standard InChI is InChI=1S/C16H24N2O3/c1-16(2,3)21-15(19)18-10-5-6-12-7-8-13(9-11-20-4)17-14(12)18/h7-8H,5-6,9-11H2,1-4H3. The number of nitrogens with zero attached hydrogens (tertiary/aromatic N) is 2. The highest BCUT2D eigenvalue weighted by Crippen LogP contribution is 2.27. The molecule has 0 saturated heterocycles. The van der Waals surface area contributed by atoms with Crippen LogP contribution in [-0.2, 0) is 22.3 Å².